The van der Waals surface area contributed by atoms with E-state index in [2.05, 4.69) is 22.3 Å². The van der Waals surface area contributed by atoms with Crippen molar-refractivity contribution in [3.63, 3.8) is 0 Å². The monoisotopic (exact) mass is 424 g/mol. The van der Waals surface area contributed by atoms with Crippen molar-refractivity contribution in [2.24, 2.45) is 11.7 Å². The van der Waals surface area contributed by atoms with Crippen molar-refractivity contribution >= 4 is 28.8 Å². The van der Waals surface area contributed by atoms with Gasteiger partial charge in [0.05, 0.1) is 17.8 Å². The minimum atomic E-state index is -0.545. The highest BCUT2D eigenvalue weighted by Gasteiger charge is 2.25. The maximum Gasteiger partial charge on any atom is 0.276 e. The molecule has 0 radical (unpaired) electrons. The first-order valence-corrected chi connectivity index (χ1v) is 10.7. The van der Waals surface area contributed by atoms with E-state index in [9.17, 15) is 9.59 Å². The van der Waals surface area contributed by atoms with Gasteiger partial charge in [-0.05, 0) is 57.2 Å². The standard InChI is InChI=1S/C22H28N6O3/c1-4-8-27-19-16(10-15(20(23)29)11-18(19)31-12-14-6-7-14)24-22(27)25-21(30)17-9-13(3)26-28(17)5-2/h9-11,14H,4-8,12H2,1-3H3,(H2,23,29)(H,24,25,30). The number of ether oxygens (including phenoxy) is 1. The number of hydrogen-bond donors (Lipinski definition) is 2. The molecular formula is C22H28N6O3. The lowest BCUT2D eigenvalue weighted by molar-refractivity contribution is 0.0995. The Labute approximate surface area is 180 Å². The summed E-state index contributed by atoms with van der Waals surface area (Å²) in [7, 11) is 0. The van der Waals surface area contributed by atoms with Crippen LogP contribution in [-0.4, -0.2) is 37.8 Å². The lowest BCUT2D eigenvalue weighted by atomic mass is 10.1. The van der Waals surface area contributed by atoms with Crippen LogP contribution in [0.2, 0.25) is 0 Å². The van der Waals surface area contributed by atoms with Crippen LogP contribution < -0.4 is 15.8 Å². The average Bonchev–Trinajstić information content (AvgIpc) is 3.40. The molecule has 2 heterocycles. The van der Waals surface area contributed by atoms with E-state index in [0.29, 0.717) is 54.1 Å². The van der Waals surface area contributed by atoms with Crippen LogP contribution in [0.25, 0.3) is 11.0 Å². The number of rotatable bonds is 9. The van der Waals surface area contributed by atoms with Gasteiger partial charge in [0.25, 0.3) is 5.91 Å². The molecule has 0 atom stereocenters. The molecular weight excluding hydrogens is 396 g/mol. The molecule has 0 spiro atoms. The van der Waals surface area contributed by atoms with E-state index in [4.69, 9.17) is 10.5 Å². The number of nitrogens with zero attached hydrogens (tertiary/aromatic N) is 4. The average molecular weight is 425 g/mol. The molecule has 1 saturated carbocycles. The van der Waals surface area contributed by atoms with Gasteiger partial charge in [0.1, 0.15) is 17.0 Å². The third kappa shape index (κ3) is 4.26. The number of carbonyl (C=O) groups is 2. The van der Waals surface area contributed by atoms with E-state index in [-0.39, 0.29) is 5.91 Å². The van der Waals surface area contributed by atoms with E-state index in [0.717, 1.165) is 30.5 Å². The number of benzene rings is 1. The summed E-state index contributed by atoms with van der Waals surface area (Å²) in [5.74, 6) is 0.684. The first-order valence-electron chi connectivity index (χ1n) is 10.7. The number of anilines is 1. The maximum absolute atomic E-state index is 13.0. The molecule has 2 aromatic heterocycles. The Bertz CT molecular complexity index is 1140. The summed E-state index contributed by atoms with van der Waals surface area (Å²) in [4.78, 5) is 29.5. The van der Waals surface area contributed by atoms with E-state index >= 15 is 0 Å². The van der Waals surface area contributed by atoms with Crippen LogP contribution in [0.4, 0.5) is 5.95 Å². The van der Waals surface area contributed by atoms with Crippen molar-refractivity contribution in [3.8, 4) is 5.75 Å². The minimum absolute atomic E-state index is 0.286. The summed E-state index contributed by atoms with van der Waals surface area (Å²) < 4.78 is 9.66. The molecule has 1 aliphatic rings. The topological polar surface area (TPSA) is 117 Å². The van der Waals surface area contributed by atoms with E-state index in [1.807, 2.05) is 18.4 Å². The van der Waals surface area contributed by atoms with Gasteiger partial charge >= 0.3 is 0 Å². The predicted octanol–water partition coefficient (Wildman–Crippen LogP) is 3.11. The lowest BCUT2D eigenvalue weighted by Crippen LogP contribution is -2.20. The Hall–Kier alpha value is -3.36. The van der Waals surface area contributed by atoms with Crippen molar-refractivity contribution in [3.05, 3.63) is 35.2 Å². The summed E-state index contributed by atoms with van der Waals surface area (Å²) in [5.41, 5.74) is 8.42. The number of hydrogen-bond acceptors (Lipinski definition) is 5. The SMILES string of the molecule is CCCn1c(NC(=O)c2cc(C)nn2CC)nc2cc(C(N)=O)cc(OCC3CC3)c21. The van der Waals surface area contributed by atoms with Gasteiger partial charge in [-0.15, -0.1) is 0 Å². The number of fused-ring (bicyclic) bond motifs is 1. The quantitative estimate of drug-likeness (QED) is 0.547. The highest BCUT2D eigenvalue weighted by atomic mass is 16.5. The summed E-state index contributed by atoms with van der Waals surface area (Å²) in [6, 6.07) is 5.06. The lowest BCUT2D eigenvalue weighted by Gasteiger charge is -2.13. The summed E-state index contributed by atoms with van der Waals surface area (Å²) in [6.07, 6.45) is 3.14. The largest absolute Gasteiger partial charge is 0.491 e. The first kappa shape index (κ1) is 20.9. The van der Waals surface area contributed by atoms with Crippen LogP contribution >= 0.6 is 0 Å². The Morgan fingerprint density at radius 3 is 2.68 bits per heavy atom. The minimum Gasteiger partial charge on any atom is -0.491 e. The molecule has 0 saturated heterocycles. The second kappa shape index (κ2) is 8.41. The Morgan fingerprint density at radius 1 is 1.26 bits per heavy atom. The van der Waals surface area contributed by atoms with E-state index < -0.39 is 5.91 Å². The Morgan fingerprint density at radius 2 is 2.03 bits per heavy atom. The van der Waals surface area contributed by atoms with Gasteiger partial charge in [0.2, 0.25) is 11.9 Å². The Balaban J connectivity index is 1.76. The van der Waals surface area contributed by atoms with Crippen molar-refractivity contribution in [1.29, 1.82) is 0 Å². The third-order valence-electron chi connectivity index (χ3n) is 5.37. The highest BCUT2D eigenvalue weighted by Crippen LogP contribution is 2.34. The van der Waals surface area contributed by atoms with Crippen LogP contribution in [0.1, 0.15) is 59.7 Å². The summed E-state index contributed by atoms with van der Waals surface area (Å²) in [5, 5.41) is 7.27. The molecule has 0 bridgehead atoms. The maximum atomic E-state index is 13.0. The molecule has 3 aromatic rings. The van der Waals surface area contributed by atoms with Gasteiger partial charge in [-0.3, -0.25) is 19.6 Å². The van der Waals surface area contributed by atoms with Crippen LogP contribution in [0.5, 0.6) is 5.75 Å². The number of aromatic nitrogens is 4. The van der Waals surface area contributed by atoms with E-state index in [1.54, 1.807) is 22.9 Å². The molecule has 164 valence electrons. The van der Waals surface area contributed by atoms with Crippen molar-refractivity contribution in [1.82, 2.24) is 19.3 Å². The summed E-state index contributed by atoms with van der Waals surface area (Å²) >= 11 is 0. The number of carbonyl (C=O) groups excluding carboxylic acids is 2. The fraction of sp³-hybridized carbons (Fsp3) is 0.455. The molecule has 2 amide bonds. The smallest absolute Gasteiger partial charge is 0.276 e. The highest BCUT2D eigenvalue weighted by molar-refractivity contribution is 6.04. The number of nitrogens with two attached hydrogens (primary N) is 1. The molecule has 0 aliphatic heterocycles. The second-order valence-electron chi connectivity index (χ2n) is 7.99. The van der Waals surface area contributed by atoms with Crippen LogP contribution in [0, 0.1) is 12.8 Å². The number of nitrogens with one attached hydrogen (secondary N) is 1. The van der Waals surface area contributed by atoms with Gasteiger partial charge in [-0.1, -0.05) is 6.92 Å². The van der Waals surface area contributed by atoms with Gasteiger partial charge in [0, 0.05) is 18.7 Å². The zero-order valence-electron chi connectivity index (χ0n) is 18.1. The summed E-state index contributed by atoms with van der Waals surface area (Å²) in [6.45, 7) is 7.65. The zero-order valence-corrected chi connectivity index (χ0v) is 18.1. The van der Waals surface area contributed by atoms with Gasteiger partial charge in [0.15, 0.2) is 0 Å². The van der Waals surface area contributed by atoms with Crippen LogP contribution in [0.3, 0.4) is 0 Å². The van der Waals surface area contributed by atoms with Crippen molar-refractivity contribution < 1.29 is 14.3 Å². The third-order valence-corrected chi connectivity index (χ3v) is 5.37. The molecule has 4 rings (SSSR count). The van der Waals surface area contributed by atoms with Crippen LogP contribution in [-0.2, 0) is 13.1 Å². The zero-order chi connectivity index (χ0) is 22.1. The van der Waals surface area contributed by atoms with E-state index in [1.165, 1.54) is 0 Å². The second-order valence-corrected chi connectivity index (χ2v) is 7.99. The fourth-order valence-electron chi connectivity index (χ4n) is 3.65. The molecule has 1 aromatic carbocycles. The first-order chi connectivity index (χ1) is 14.9. The molecule has 0 unspecified atom stereocenters. The normalized spacial score (nSPS) is 13.5. The van der Waals surface area contributed by atoms with Crippen molar-refractivity contribution in [2.75, 3.05) is 11.9 Å². The van der Waals surface area contributed by atoms with Gasteiger partial charge < -0.3 is 15.0 Å². The Kier molecular flexibility index (Phi) is 5.67. The molecule has 1 aliphatic carbocycles. The fourth-order valence-corrected chi connectivity index (χ4v) is 3.65. The predicted molar refractivity (Wildman–Crippen MR) is 117 cm³/mol. The number of amides is 2. The number of imidazole rings is 1. The van der Waals surface area contributed by atoms with Gasteiger partial charge in [-0.25, -0.2) is 4.98 Å². The number of aryl methyl sites for hydroxylation is 3. The molecule has 3 N–H and O–H groups in total. The van der Waals surface area contributed by atoms with Gasteiger partial charge in [-0.2, -0.15) is 5.10 Å². The van der Waals surface area contributed by atoms with Crippen LogP contribution in [0.15, 0.2) is 18.2 Å². The molecule has 9 nitrogen and oxygen atoms in total. The molecule has 9 heteroatoms. The van der Waals surface area contributed by atoms with Crippen molar-refractivity contribution in [2.45, 2.75) is 53.1 Å². The number of primary amides is 1. The molecule has 31 heavy (non-hydrogen) atoms. The molecule has 1 fully saturated rings.